The van der Waals surface area contributed by atoms with Crippen LogP contribution in [0.3, 0.4) is 0 Å². The van der Waals surface area contributed by atoms with Crippen molar-refractivity contribution in [3.8, 4) is 11.1 Å². The zero-order chi connectivity index (χ0) is 24.3. The fourth-order valence-electron chi connectivity index (χ4n) is 5.34. The third-order valence-electron chi connectivity index (χ3n) is 7.52. The topological polar surface area (TPSA) is 95.9 Å². The van der Waals surface area contributed by atoms with E-state index in [0.717, 1.165) is 22.3 Å². The van der Waals surface area contributed by atoms with Gasteiger partial charge in [-0.25, -0.2) is 9.59 Å². The summed E-state index contributed by atoms with van der Waals surface area (Å²) in [6, 6.07) is 15.5. The molecular weight excluding hydrogens is 432 g/mol. The zero-order valence-electron chi connectivity index (χ0n) is 19.8. The van der Waals surface area contributed by atoms with Crippen molar-refractivity contribution >= 4 is 18.0 Å². The van der Waals surface area contributed by atoms with Crippen LogP contribution in [0.1, 0.15) is 56.6 Å². The van der Waals surface area contributed by atoms with Crippen LogP contribution in [0.25, 0.3) is 11.1 Å². The lowest BCUT2D eigenvalue weighted by Gasteiger charge is -2.36. The standard InChI is InChI=1S/C27H32N2O5/c1-3-27(4-2,25(32)29-15-9-14-23(29)24(30)31)17-28-26(33)34-16-22-20-12-7-5-10-18(20)19-11-6-8-13-21(19)22/h5-8,10-13,22-23H,3-4,9,14-17H2,1-2H3,(H,28,33)(H,30,31)/t23-/m0/s1. The smallest absolute Gasteiger partial charge is 0.407 e. The summed E-state index contributed by atoms with van der Waals surface area (Å²) in [7, 11) is 0. The molecule has 0 saturated carbocycles. The quantitative estimate of drug-likeness (QED) is 0.603. The number of nitrogens with one attached hydrogen (secondary N) is 1. The SMILES string of the molecule is CCC(CC)(CNC(=O)OCC1c2ccccc2-c2ccccc21)C(=O)N1CCC[C@H]1C(=O)O. The first-order chi connectivity index (χ1) is 16.4. The van der Waals surface area contributed by atoms with Crippen LogP contribution in [0, 0.1) is 5.41 Å². The molecule has 1 aliphatic carbocycles. The van der Waals surface area contributed by atoms with Crippen LogP contribution in [-0.4, -0.2) is 53.7 Å². The normalized spacial score (nSPS) is 17.2. The fourth-order valence-corrected chi connectivity index (χ4v) is 5.34. The van der Waals surface area contributed by atoms with Crippen molar-refractivity contribution in [2.75, 3.05) is 19.7 Å². The molecule has 1 heterocycles. The molecule has 7 heteroatoms. The van der Waals surface area contributed by atoms with Crippen LogP contribution in [-0.2, 0) is 14.3 Å². The predicted molar refractivity (Wildman–Crippen MR) is 128 cm³/mol. The number of carbonyl (C=O) groups is 3. The van der Waals surface area contributed by atoms with E-state index < -0.39 is 23.5 Å². The van der Waals surface area contributed by atoms with Crippen LogP contribution < -0.4 is 5.32 Å². The van der Waals surface area contributed by atoms with Gasteiger partial charge in [-0.2, -0.15) is 0 Å². The number of alkyl carbamates (subject to hydrolysis) is 1. The molecule has 2 aromatic rings. The van der Waals surface area contributed by atoms with Gasteiger partial charge in [-0.3, -0.25) is 4.79 Å². The maximum absolute atomic E-state index is 13.4. The second kappa shape index (κ2) is 9.87. The molecule has 0 unspecified atom stereocenters. The minimum absolute atomic E-state index is 0.0391. The maximum atomic E-state index is 13.4. The van der Waals surface area contributed by atoms with E-state index in [1.165, 1.54) is 4.90 Å². The number of ether oxygens (including phenoxy) is 1. The molecule has 1 atom stereocenters. The second-order valence-electron chi connectivity index (χ2n) is 9.16. The summed E-state index contributed by atoms with van der Waals surface area (Å²) in [5.74, 6) is -1.22. The molecule has 1 fully saturated rings. The van der Waals surface area contributed by atoms with Crippen molar-refractivity contribution in [1.29, 1.82) is 0 Å². The number of amides is 2. The van der Waals surface area contributed by atoms with Crippen LogP contribution in [0.2, 0.25) is 0 Å². The fraction of sp³-hybridized carbons (Fsp3) is 0.444. The van der Waals surface area contributed by atoms with Crippen molar-refractivity contribution < 1.29 is 24.2 Å². The molecule has 180 valence electrons. The number of hydrogen-bond acceptors (Lipinski definition) is 4. The summed E-state index contributed by atoms with van der Waals surface area (Å²) in [5.41, 5.74) is 3.73. The van der Waals surface area contributed by atoms with Gasteiger partial charge in [0.25, 0.3) is 0 Å². The van der Waals surface area contributed by atoms with Gasteiger partial charge in [0.05, 0.1) is 5.41 Å². The van der Waals surface area contributed by atoms with Gasteiger partial charge in [0.1, 0.15) is 12.6 Å². The van der Waals surface area contributed by atoms with E-state index in [0.29, 0.717) is 32.2 Å². The largest absolute Gasteiger partial charge is 0.480 e. The highest BCUT2D eigenvalue weighted by atomic mass is 16.5. The number of hydrogen-bond donors (Lipinski definition) is 2. The summed E-state index contributed by atoms with van der Waals surface area (Å²) in [6.07, 6.45) is 1.55. The molecule has 1 aliphatic heterocycles. The van der Waals surface area contributed by atoms with Gasteiger partial charge in [0.2, 0.25) is 5.91 Å². The summed E-state index contributed by atoms with van der Waals surface area (Å²) < 4.78 is 5.62. The molecular formula is C27H32N2O5. The molecule has 2 amide bonds. The van der Waals surface area contributed by atoms with E-state index in [9.17, 15) is 19.5 Å². The van der Waals surface area contributed by atoms with Gasteiger partial charge < -0.3 is 20.1 Å². The highest BCUT2D eigenvalue weighted by molar-refractivity contribution is 5.88. The van der Waals surface area contributed by atoms with E-state index in [2.05, 4.69) is 29.6 Å². The van der Waals surface area contributed by atoms with E-state index >= 15 is 0 Å². The van der Waals surface area contributed by atoms with Crippen molar-refractivity contribution in [3.05, 3.63) is 59.7 Å². The highest BCUT2D eigenvalue weighted by Crippen LogP contribution is 2.44. The number of nitrogens with zero attached hydrogens (tertiary/aromatic N) is 1. The van der Waals surface area contributed by atoms with Crippen molar-refractivity contribution in [1.82, 2.24) is 10.2 Å². The molecule has 7 nitrogen and oxygen atoms in total. The van der Waals surface area contributed by atoms with Gasteiger partial charge in [-0.15, -0.1) is 0 Å². The van der Waals surface area contributed by atoms with E-state index in [1.54, 1.807) is 0 Å². The molecule has 34 heavy (non-hydrogen) atoms. The molecule has 4 rings (SSSR count). The molecule has 0 radical (unpaired) electrons. The molecule has 0 aromatic heterocycles. The van der Waals surface area contributed by atoms with Gasteiger partial charge in [0.15, 0.2) is 0 Å². The van der Waals surface area contributed by atoms with Gasteiger partial charge >= 0.3 is 12.1 Å². The predicted octanol–water partition coefficient (Wildman–Crippen LogP) is 4.41. The molecule has 2 aromatic carbocycles. The Morgan fingerprint density at radius 2 is 1.62 bits per heavy atom. The number of aliphatic carboxylic acids is 1. The van der Waals surface area contributed by atoms with Crippen LogP contribution in [0.5, 0.6) is 0 Å². The average molecular weight is 465 g/mol. The number of fused-ring (bicyclic) bond motifs is 3. The number of rotatable bonds is 8. The van der Waals surface area contributed by atoms with Crippen molar-refractivity contribution in [3.63, 3.8) is 0 Å². The lowest BCUT2D eigenvalue weighted by Crippen LogP contribution is -2.52. The van der Waals surface area contributed by atoms with Crippen molar-refractivity contribution in [2.45, 2.75) is 51.5 Å². The van der Waals surface area contributed by atoms with Crippen LogP contribution >= 0.6 is 0 Å². The Kier molecular flexibility index (Phi) is 6.91. The number of carbonyl (C=O) groups excluding carboxylic acids is 2. The second-order valence-corrected chi connectivity index (χ2v) is 9.16. The Hall–Kier alpha value is -3.35. The van der Waals surface area contributed by atoms with Gasteiger partial charge in [-0.1, -0.05) is 62.4 Å². The minimum atomic E-state index is -0.976. The van der Waals surface area contributed by atoms with Crippen molar-refractivity contribution in [2.24, 2.45) is 5.41 Å². The number of carboxylic acid groups (broad SMARTS) is 1. The van der Waals surface area contributed by atoms with E-state index in [1.807, 2.05) is 38.1 Å². The van der Waals surface area contributed by atoms with Crippen LogP contribution in [0.4, 0.5) is 4.79 Å². The Labute approximate surface area is 200 Å². The first kappa shape index (κ1) is 23.8. The number of carboxylic acids is 1. The molecule has 2 aliphatic rings. The first-order valence-corrected chi connectivity index (χ1v) is 12.0. The lowest BCUT2D eigenvalue weighted by atomic mass is 9.80. The molecule has 0 spiro atoms. The van der Waals surface area contributed by atoms with Gasteiger partial charge in [-0.05, 0) is 47.9 Å². The third kappa shape index (κ3) is 4.27. The molecule has 2 N–H and O–H groups in total. The van der Waals surface area contributed by atoms with Gasteiger partial charge in [0, 0.05) is 19.0 Å². The first-order valence-electron chi connectivity index (χ1n) is 12.0. The Morgan fingerprint density at radius 3 is 2.18 bits per heavy atom. The number of likely N-dealkylation sites (tertiary alicyclic amines) is 1. The van der Waals surface area contributed by atoms with E-state index in [4.69, 9.17) is 4.74 Å². The minimum Gasteiger partial charge on any atom is -0.480 e. The molecule has 0 bridgehead atoms. The Bertz CT molecular complexity index is 1030. The zero-order valence-corrected chi connectivity index (χ0v) is 19.8. The monoisotopic (exact) mass is 464 g/mol. The Morgan fingerprint density at radius 1 is 1.03 bits per heavy atom. The number of benzene rings is 2. The molecule has 1 saturated heterocycles. The summed E-state index contributed by atoms with van der Waals surface area (Å²) >= 11 is 0. The highest BCUT2D eigenvalue weighted by Gasteiger charge is 2.44. The Balaban J connectivity index is 1.41. The maximum Gasteiger partial charge on any atom is 0.407 e. The van der Waals surface area contributed by atoms with E-state index in [-0.39, 0.29) is 25.0 Å². The average Bonchev–Trinajstić information content (AvgIpc) is 3.47. The summed E-state index contributed by atoms with van der Waals surface area (Å²) in [4.78, 5) is 39.1. The summed E-state index contributed by atoms with van der Waals surface area (Å²) in [5, 5.41) is 12.3. The lowest BCUT2D eigenvalue weighted by molar-refractivity contribution is -0.153. The summed E-state index contributed by atoms with van der Waals surface area (Å²) in [6.45, 7) is 4.53. The van der Waals surface area contributed by atoms with Crippen LogP contribution in [0.15, 0.2) is 48.5 Å². The third-order valence-corrected chi connectivity index (χ3v) is 7.52.